The molecule has 0 heterocycles. The van der Waals surface area contributed by atoms with E-state index in [1.165, 1.54) is 25.7 Å². The fourth-order valence-corrected chi connectivity index (χ4v) is 3.32. The molecule has 3 nitrogen and oxygen atoms in total. The van der Waals surface area contributed by atoms with Crippen molar-refractivity contribution in [3.63, 3.8) is 0 Å². The standard InChI is InChI=1S/C19H28ClNO2/c1-4-10-23-19-12-16(20)15(11-18(19)22-5-2)13-21-17-9-7-6-8-14(17)3/h4,11-12,14,17,21H,1,5-10,13H2,2-3H3. The molecule has 0 aromatic heterocycles. The molecule has 1 saturated carbocycles. The van der Waals surface area contributed by atoms with Crippen LogP contribution in [0.2, 0.25) is 5.02 Å². The van der Waals surface area contributed by atoms with Crippen LogP contribution in [0.4, 0.5) is 0 Å². The lowest BCUT2D eigenvalue weighted by molar-refractivity contribution is 0.278. The van der Waals surface area contributed by atoms with E-state index in [1.54, 1.807) is 6.08 Å². The van der Waals surface area contributed by atoms with Crippen molar-refractivity contribution in [2.75, 3.05) is 13.2 Å². The van der Waals surface area contributed by atoms with E-state index in [-0.39, 0.29) is 0 Å². The van der Waals surface area contributed by atoms with Gasteiger partial charge < -0.3 is 14.8 Å². The Balaban J connectivity index is 2.08. The van der Waals surface area contributed by atoms with Gasteiger partial charge in [-0.1, -0.05) is 44.0 Å². The number of nitrogens with one attached hydrogen (secondary N) is 1. The molecule has 2 rings (SSSR count). The van der Waals surface area contributed by atoms with Gasteiger partial charge in [0, 0.05) is 23.7 Å². The molecule has 23 heavy (non-hydrogen) atoms. The minimum absolute atomic E-state index is 0.438. The Morgan fingerprint density at radius 1 is 1.26 bits per heavy atom. The molecule has 1 aliphatic carbocycles. The zero-order chi connectivity index (χ0) is 16.7. The lowest BCUT2D eigenvalue weighted by atomic mass is 9.86. The van der Waals surface area contributed by atoms with Crippen LogP contribution in [0.15, 0.2) is 24.8 Å². The second-order valence-electron chi connectivity index (χ2n) is 6.17. The predicted octanol–water partition coefficient (Wildman–Crippen LogP) is 4.97. The van der Waals surface area contributed by atoms with Gasteiger partial charge in [0.15, 0.2) is 11.5 Å². The minimum atomic E-state index is 0.438. The van der Waals surface area contributed by atoms with Crippen LogP contribution >= 0.6 is 11.6 Å². The second kappa shape index (κ2) is 9.19. The monoisotopic (exact) mass is 337 g/mol. The van der Waals surface area contributed by atoms with E-state index in [4.69, 9.17) is 21.1 Å². The molecule has 0 amide bonds. The van der Waals surface area contributed by atoms with Gasteiger partial charge >= 0.3 is 0 Å². The Bertz CT molecular complexity index is 518. The van der Waals surface area contributed by atoms with E-state index in [1.807, 2.05) is 19.1 Å². The smallest absolute Gasteiger partial charge is 0.163 e. The Morgan fingerprint density at radius 2 is 2.00 bits per heavy atom. The van der Waals surface area contributed by atoms with Crippen LogP contribution in [0, 0.1) is 5.92 Å². The minimum Gasteiger partial charge on any atom is -0.490 e. The molecule has 1 fully saturated rings. The Morgan fingerprint density at radius 3 is 2.70 bits per heavy atom. The van der Waals surface area contributed by atoms with Gasteiger partial charge in [0.25, 0.3) is 0 Å². The maximum absolute atomic E-state index is 6.43. The molecule has 1 aliphatic rings. The summed E-state index contributed by atoms with van der Waals surface area (Å²) in [5, 5.41) is 4.38. The van der Waals surface area contributed by atoms with Crippen molar-refractivity contribution >= 4 is 11.6 Å². The third kappa shape index (κ3) is 5.15. The first-order valence-electron chi connectivity index (χ1n) is 8.58. The molecule has 1 aromatic carbocycles. The summed E-state index contributed by atoms with van der Waals surface area (Å²) in [5.41, 5.74) is 1.05. The van der Waals surface area contributed by atoms with Crippen molar-refractivity contribution in [3.05, 3.63) is 35.4 Å². The third-order valence-corrected chi connectivity index (χ3v) is 4.79. The SMILES string of the molecule is C=CCOc1cc(Cl)c(CNC2CCCCC2C)cc1OCC. The van der Waals surface area contributed by atoms with E-state index in [9.17, 15) is 0 Å². The van der Waals surface area contributed by atoms with Crippen molar-refractivity contribution in [1.82, 2.24) is 5.32 Å². The number of hydrogen-bond donors (Lipinski definition) is 1. The maximum atomic E-state index is 6.43. The van der Waals surface area contributed by atoms with Gasteiger partial charge in [0.05, 0.1) is 6.61 Å². The maximum Gasteiger partial charge on any atom is 0.163 e. The van der Waals surface area contributed by atoms with Crippen molar-refractivity contribution in [2.24, 2.45) is 5.92 Å². The molecule has 2 atom stereocenters. The van der Waals surface area contributed by atoms with Crippen LogP contribution in [0.3, 0.4) is 0 Å². The average Bonchev–Trinajstić information content (AvgIpc) is 2.55. The first kappa shape index (κ1) is 18.2. The molecule has 0 saturated heterocycles. The number of rotatable bonds is 8. The molecule has 0 spiro atoms. The first-order valence-corrected chi connectivity index (χ1v) is 8.95. The molecule has 1 N–H and O–H groups in total. The highest BCUT2D eigenvalue weighted by atomic mass is 35.5. The van der Waals surface area contributed by atoms with Crippen LogP contribution in [0.5, 0.6) is 11.5 Å². The van der Waals surface area contributed by atoms with Crippen LogP contribution < -0.4 is 14.8 Å². The van der Waals surface area contributed by atoms with Gasteiger partial charge in [-0.2, -0.15) is 0 Å². The number of ether oxygens (including phenoxy) is 2. The Kier molecular flexibility index (Phi) is 7.25. The van der Waals surface area contributed by atoms with Crippen molar-refractivity contribution < 1.29 is 9.47 Å². The summed E-state index contributed by atoms with van der Waals surface area (Å²) in [5.74, 6) is 2.14. The Labute approximate surface area is 145 Å². The first-order chi connectivity index (χ1) is 11.2. The summed E-state index contributed by atoms with van der Waals surface area (Å²) >= 11 is 6.43. The van der Waals surface area contributed by atoms with E-state index in [2.05, 4.69) is 18.8 Å². The highest BCUT2D eigenvalue weighted by Crippen LogP contribution is 2.34. The molecular weight excluding hydrogens is 310 g/mol. The molecule has 1 aromatic rings. The van der Waals surface area contributed by atoms with Crippen LogP contribution in [-0.2, 0) is 6.54 Å². The summed E-state index contributed by atoms with van der Waals surface area (Å²) in [6.07, 6.45) is 6.93. The highest BCUT2D eigenvalue weighted by Gasteiger charge is 2.21. The topological polar surface area (TPSA) is 30.5 Å². The average molecular weight is 338 g/mol. The van der Waals surface area contributed by atoms with Crippen molar-refractivity contribution in [1.29, 1.82) is 0 Å². The molecular formula is C19H28ClNO2. The summed E-state index contributed by atoms with van der Waals surface area (Å²) in [6.45, 7) is 9.76. The van der Waals surface area contributed by atoms with Crippen LogP contribution in [-0.4, -0.2) is 19.3 Å². The largest absolute Gasteiger partial charge is 0.490 e. The van der Waals surface area contributed by atoms with Crippen molar-refractivity contribution in [3.8, 4) is 11.5 Å². The van der Waals surface area contributed by atoms with Crippen LogP contribution in [0.25, 0.3) is 0 Å². The Hall–Kier alpha value is -1.19. The molecule has 0 radical (unpaired) electrons. The number of benzene rings is 1. The lowest BCUT2D eigenvalue weighted by Gasteiger charge is -2.30. The summed E-state index contributed by atoms with van der Waals surface area (Å²) in [6, 6.07) is 4.41. The van der Waals surface area contributed by atoms with E-state index in [0.29, 0.717) is 30.0 Å². The lowest BCUT2D eigenvalue weighted by Crippen LogP contribution is -2.36. The molecule has 0 aliphatic heterocycles. The third-order valence-electron chi connectivity index (χ3n) is 4.44. The molecule has 2 unspecified atom stereocenters. The van der Waals surface area contributed by atoms with Gasteiger partial charge in [0.1, 0.15) is 6.61 Å². The second-order valence-corrected chi connectivity index (χ2v) is 6.58. The quantitative estimate of drug-likeness (QED) is 0.679. The molecule has 0 bridgehead atoms. The number of hydrogen-bond acceptors (Lipinski definition) is 3. The zero-order valence-electron chi connectivity index (χ0n) is 14.2. The fourth-order valence-electron chi connectivity index (χ4n) is 3.10. The van der Waals surface area contributed by atoms with Gasteiger partial charge in [-0.25, -0.2) is 0 Å². The fraction of sp³-hybridized carbons (Fsp3) is 0.579. The highest BCUT2D eigenvalue weighted by molar-refractivity contribution is 6.31. The summed E-state index contributed by atoms with van der Waals surface area (Å²) in [4.78, 5) is 0. The zero-order valence-corrected chi connectivity index (χ0v) is 15.0. The normalized spacial score (nSPS) is 21.0. The summed E-state index contributed by atoms with van der Waals surface area (Å²) < 4.78 is 11.3. The van der Waals surface area contributed by atoms with E-state index >= 15 is 0 Å². The van der Waals surface area contributed by atoms with Gasteiger partial charge in [0.2, 0.25) is 0 Å². The van der Waals surface area contributed by atoms with Gasteiger partial charge in [-0.3, -0.25) is 0 Å². The molecule has 128 valence electrons. The van der Waals surface area contributed by atoms with Gasteiger partial charge in [-0.05, 0) is 37.3 Å². The summed E-state index contributed by atoms with van der Waals surface area (Å²) in [7, 11) is 0. The van der Waals surface area contributed by atoms with E-state index in [0.717, 1.165) is 23.8 Å². The van der Waals surface area contributed by atoms with Crippen LogP contribution in [0.1, 0.15) is 45.1 Å². The van der Waals surface area contributed by atoms with E-state index < -0.39 is 0 Å². The van der Waals surface area contributed by atoms with Gasteiger partial charge in [-0.15, -0.1) is 0 Å². The predicted molar refractivity (Wildman–Crippen MR) is 96.6 cm³/mol. The molecule has 4 heteroatoms. The van der Waals surface area contributed by atoms with Crippen molar-refractivity contribution in [2.45, 2.75) is 52.1 Å². The number of halogens is 1.